The van der Waals surface area contributed by atoms with E-state index >= 15 is 0 Å². The third-order valence-electron chi connectivity index (χ3n) is 2.68. The van der Waals surface area contributed by atoms with Crippen molar-refractivity contribution in [2.75, 3.05) is 0 Å². The van der Waals surface area contributed by atoms with Crippen LogP contribution in [0.4, 0.5) is 5.69 Å². The molecular formula is C13H10N4O4. The van der Waals surface area contributed by atoms with Gasteiger partial charge in [0.1, 0.15) is 12.4 Å². The van der Waals surface area contributed by atoms with E-state index in [0.717, 1.165) is 0 Å². The highest BCUT2D eigenvalue weighted by atomic mass is 16.6. The fourth-order valence-corrected chi connectivity index (χ4v) is 1.71. The smallest absolute Gasteiger partial charge is 0.273 e. The molecule has 0 saturated carbocycles. The van der Waals surface area contributed by atoms with E-state index in [-0.39, 0.29) is 12.3 Å². The fourth-order valence-electron chi connectivity index (χ4n) is 1.71. The summed E-state index contributed by atoms with van der Waals surface area (Å²) < 4.78 is 10.6. The second-order valence-electron chi connectivity index (χ2n) is 4.13. The summed E-state index contributed by atoms with van der Waals surface area (Å²) in [6.45, 7) is 0.120. The van der Waals surface area contributed by atoms with E-state index in [1.807, 2.05) is 0 Å². The average Bonchev–Trinajstić information content (AvgIpc) is 3.16. The van der Waals surface area contributed by atoms with Crippen molar-refractivity contribution in [2.24, 2.45) is 0 Å². The van der Waals surface area contributed by atoms with Crippen LogP contribution in [0.15, 0.2) is 47.1 Å². The molecule has 0 aliphatic carbocycles. The zero-order valence-corrected chi connectivity index (χ0v) is 10.7. The molecule has 1 N–H and O–H groups in total. The van der Waals surface area contributed by atoms with E-state index < -0.39 is 4.92 Å². The molecule has 0 aliphatic heterocycles. The van der Waals surface area contributed by atoms with Crippen LogP contribution in [-0.4, -0.2) is 20.1 Å². The molecule has 1 aromatic carbocycles. The lowest BCUT2D eigenvalue weighted by Crippen LogP contribution is -1.98. The van der Waals surface area contributed by atoms with Crippen LogP contribution in [0.25, 0.3) is 11.6 Å². The molecule has 3 aromatic rings. The maximum Gasteiger partial charge on any atom is 0.273 e. The van der Waals surface area contributed by atoms with Gasteiger partial charge < -0.3 is 9.15 Å². The number of rotatable bonds is 5. The number of nitrogens with zero attached hydrogens (tertiary/aromatic N) is 3. The molecule has 0 spiro atoms. The summed E-state index contributed by atoms with van der Waals surface area (Å²) in [5.74, 6) is 1.86. The largest absolute Gasteiger partial charge is 0.485 e. The second kappa shape index (κ2) is 5.45. The van der Waals surface area contributed by atoms with E-state index in [1.165, 1.54) is 18.4 Å². The molecule has 2 heterocycles. The van der Waals surface area contributed by atoms with Gasteiger partial charge in [-0.15, -0.1) is 5.10 Å². The van der Waals surface area contributed by atoms with E-state index in [9.17, 15) is 10.1 Å². The first-order valence-electron chi connectivity index (χ1n) is 6.05. The molecule has 0 aliphatic rings. The van der Waals surface area contributed by atoms with Gasteiger partial charge in [-0.2, -0.15) is 0 Å². The maximum absolute atomic E-state index is 10.7. The second-order valence-corrected chi connectivity index (χ2v) is 4.13. The first-order chi connectivity index (χ1) is 10.2. The third-order valence-corrected chi connectivity index (χ3v) is 2.68. The van der Waals surface area contributed by atoms with Gasteiger partial charge in [-0.25, -0.2) is 4.98 Å². The topological polar surface area (TPSA) is 107 Å². The first-order valence-corrected chi connectivity index (χ1v) is 6.05. The lowest BCUT2D eigenvalue weighted by molar-refractivity contribution is -0.384. The Morgan fingerprint density at radius 1 is 1.33 bits per heavy atom. The number of aromatic nitrogens is 3. The predicted octanol–water partition coefficient (Wildman–Crippen LogP) is 2.55. The van der Waals surface area contributed by atoms with Gasteiger partial charge in [-0.1, -0.05) is 6.07 Å². The number of aromatic amines is 1. The lowest BCUT2D eigenvalue weighted by Gasteiger charge is -2.02. The van der Waals surface area contributed by atoms with Gasteiger partial charge in [0.25, 0.3) is 5.69 Å². The van der Waals surface area contributed by atoms with Gasteiger partial charge in [-0.3, -0.25) is 15.2 Å². The van der Waals surface area contributed by atoms with Crippen LogP contribution in [0.1, 0.15) is 5.82 Å². The number of ether oxygens (including phenoxy) is 1. The Morgan fingerprint density at radius 3 is 3.00 bits per heavy atom. The number of furan rings is 1. The lowest BCUT2D eigenvalue weighted by atomic mass is 10.3. The van der Waals surface area contributed by atoms with Crippen molar-refractivity contribution < 1.29 is 14.1 Å². The van der Waals surface area contributed by atoms with E-state index in [1.54, 1.807) is 24.3 Å². The van der Waals surface area contributed by atoms with Crippen LogP contribution in [0.2, 0.25) is 0 Å². The van der Waals surface area contributed by atoms with Crippen molar-refractivity contribution in [3.05, 3.63) is 58.6 Å². The van der Waals surface area contributed by atoms with Crippen LogP contribution in [0, 0.1) is 10.1 Å². The molecule has 3 rings (SSSR count). The Hall–Kier alpha value is -3.16. The Bertz CT molecular complexity index is 751. The van der Waals surface area contributed by atoms with Crippen LogP contribution in [0.5, 0.6) is 5.75 Å². The summed E-state index contributed by atoms with van der Waals surface area (Å²) in [5, 5.41) is 17.4. The molecule has 21 heavy (non-hydrogen) atoms. The highest BCUT2D eigenvalue weighted by Gasteiger charge is 2.10. The Morgan fingerprint density at radius 2 is 2.24 bits per heavy atom. The summed E-state index contributed by atoms with van der Waals surface area (Å²) in [6.07, 6.45) is 1.53. The molecule has 0 saturated heterocycles. The van der Waals surface area contributed by atoms with Crippen LogP contribution in [0.3, 0.4) is 0 Å². The minimum atomic E-state index is -0.476. The summed E-state index contributed by atoms with van der Waals surface area (Å²) in [7, 11) is 0. The summed E-state index contributed by atoms with van der Waals surface area (Å²) >= 11 is 0. The molecule has 0 bridgehead atoms. The van der Waals surface area contributed by atoms with Crippen molar-refractivity contribution in [1.29, 1.82) is 0 Å². The molecule has 0 unspecified atom stereocenters. The van der Waals surface area contributed by atoms with Crippen LogP contribution < -0.4 is 4.74 Å². The molecule has 0 atom stereocenters. The van der Waals surface area contributed by atoms with Gasteiger partial charge in [0.05, 0.1) is 17.3 Å². The molecule has 8 nitrogen and oxygen atoms in total. The quantitative estimate of drug-likeness (QED) is 0.570. The highest BCUT2D eigenvalue weighted by Crippen LogP contribution is 2.20. The molecule has 0 radical (unpaired) electrons. The van der Waals surface area contributed by atoms with Crippen molar-refractivity contribution in [3.63, 3.8) is 0 Å². The van der Waals surface area contributed by atoms with E-state index in [4.69, 9.17) is 9.15 Å². The molecule has 0 fully saturated rings. The number of H-pyrrole nitrogens is 1. The van der Waals surface area contributed by atoms with Gasteiger partial charge in [-0.05, 0) is 18.2 Å². The molecule has 106 valence electrons. The Labute approximate surface area is 118 Å². The van der Waals surface area contributed by atoms with Gasteiger partial charge in [0.2, 0.25) is 5.82 Å². The number of nitro benzene ring substituents is 1. The number of benzene rings is 1. The van der Waals surface area contributed by atoms with E-state index in [0.29, 0.717) is 23.2 Å². The number of nitrogens with one attached hydrogen (secondary N) is 1. The standard InChI is InChI=1S/C13H10N4O4/c18-17(19)9-3-1-4-10(7-9)21-8-12-14-13(16-15-12)11-5-2-6-20-11/h1-7H,8H2,(H,14,15,16). The Balaban J connectivity index is 1.68. The summed E-state index contributed by atoms with van der Waals surface area (Å²) in [4.78, 5) is 14.4. The summed E-state index contributed by atoms with van der Waals surface area (Å²) in [6, 6.07) is 9.43. The number of hydrogen-bond acceptors (Lipinski definition) is 6. The predicted molar refractivity (Wildman–Crippen MR) is 71.5 cm³/mol. The molecular weight excluding hydrogens is 276 g/mol. The normalized spacial score (nSPS) is 10.5. The molecule has 0 amide bonds. The highest BCUT2D eigenvalue weighted by molar-refractivity contribution is 5.45. The van der Waals surface area contributed by atoms with Crippen molar-refractivity contribution in [3.8, 4) is 17.3 Å². The third kappa shape index (κ3) is 2.89. The first kappa shape index (κ1) is 12.9. The molecule has 8 heteroatoms. The maximum atomic E-state index is 10.7. The van der Waals surface area contributed by atoms with Crippen molar-refractivity contribution in [2.45, 2.75) is 6.61 Å². The van der Waals surface area contributed by atoms with Gasteiger partial charge >= 0.3 is 0 Å². The SMILES string of the molecule is O=[N+]([O-])c1cccc(OCc2nc(-c3ccco3)n[nH]2)c1. The Kier molecular flexibility index (Phi) is 3.34. The van der Waals surface area contributed by atoms with E-state index in [2.05, 4.69) is 15.2 Å². The van der Waals surface area contributed by atoms with Crippen molar-refractivity contribution in [1.82, 2.24) is 15.2 Å². The monoisotopic (exact) mass is 286 g/mol. The minimum Gasteiger partial charge on any atom is -0.485 e. The zero-order valence-electron chi connectivity index (χ0n) is 10.7. The number of non-ortho nitro benzene ring substituents is 1. The van der Waals surface area contributed by atoms with Crippen LogP contribution in [-0.2, 0) is 6.61 Å². The van der Waals surface area contributed by atoms with Gasteiger partial charge in [0.15, 0.2) is 11.6 Å². The average molecular weight is 286 g/mol. The number of nitro groups is 1. The van der Waals surface area contributed by atoms with Crippen molar-refractivity contribution >= 4 is 5.69 Å². The zero-order chi connectivity index (χ0) is 14.7. The van der Waals surface area contributed by atoms with Crippen LogP contribution >= 0.6 is 0 Å². The summed E-state index contributed by atoms with van der Waals surface area (Å²) in [5.41, 5.74) is -0.0265. The fraction of sp³-hybridized carbons (Fsp3) is 0.0769. The number of hydrogen-bond donors (Lipinski definition) is 1. The minimum absolute atomic E-state index is 0.0265. The van der Waals surface area contributed by atoms with Gasteiger partial charge in [0, 0.05) is 6.07 Å². The molecule has 2 aromatic heterocycles.